The Bertz CT molecular complexity index is 1110. The summed E-state index contributed by atoms with van der Waals surface area (Å²) in [4.78, 5) is 26.5. The molecule has 142 valence electrons. The van der Waals surface area contributed by atoms with Gasteiger partial charge in [-0.2, -0.15) is 0 Å². The predicted molar refractivity (Wildman–Crippen MR) is 108 cm³/mol. The Labute approximate surface area is 169 Å². The van der Waals surface area contributed by atoms with Crippen molar-refractivity contribution in [3.63, 3.8) is 0 Å². The summed E-state index contributed by atoms with van der Waals surface area (Å²) >= 11 is 7.53. The van der Waals surface area contributed by atoms with Crippen molar-refractivity contribution in [2.24, 2.45) is 0 Å². The number of ketones is 1. The van der Waals surface area contributed by atoms with Crippen molar-refractivity contribution in [1.82, 2.24) is 0 Å². The number of hydrogen-bond donors (Lipinski definition) is 1. The Morgan fingerprint density at radius 1 is 1.11 bits per heavy atom. The van der Waals surface area contributed by atoms with E-state index in [0.29, 0.717) is 37.3 Å². The van der Waals surface area contributed by atoms with E-state index in [0.717, 1.165) is 11.3 Å². The van der Waals surface area contributed by atoms with Gasteiger partial charge < -0.3 is 10.1 Å². The van der Waals surface area contributed by atoms with Crippen LogP contribution in [0.25, 0.3) is 11.1 Å². The number of nitrogens with one attached hydrogen (secondary N) is 1. The molecule has 1 amide bonds. The van der Waals surface area contributed by atoms with Crippen LogP contribution in [0.1, 0.15) is 22.8 Å². The molecular weight excluding hydrogens is 401 g/mol. The first-order valence-electron chi connectivity index (χ1n) is 8.45. The number of carbonyl (C=O) groups excluding carboxylic acids is 2. The van der Waals surface area contributed by atoms with Crippen molar-refractivity contribution in [2.45, 2.75) is 12.3 Å². The van der Waals surface area contributed by atoms with E-state index in [1.54, 1.807) is 43.3 Å². The van der Waals surface area contributed by atoms with E-state index in [9.17, 15) is 14.0 Å². The Hall–Kier alpha value is -2.70. The van der Waals surface area contributed by atoms with Crippen LogP contribution in [0.4, 0.5) is 9.39 Å². The Morgan fingerprint density at radius 3 is 2.50 bits per heavy atom. The zero-order chi connectivity index (χ0) is 20.1. The van der Waals surface area contributed by atoms with Gasteiger partial charge in [0.2, 0.25) is 5.91 Å². The Balaban J connectivity index is 1.91. The Kier molecular flexibility index (Phi) is 4.48. The number of carbonyl (C=O) groups is 2. The number of rotatable bonds is 3. The molecule has 0 saturated heterocycles. The third kappa shape index (κ3) is 2.72. The molecule has 1 unspecified atom stereocenters. The van der Waals surface area contributed by atoms with Gasteiger partial charge in [-0.1, -0.05) is 35.9 Å². The standard InChI is InChI=1S/C21H15ClFNO3S/c1-21(12-4-3-5-14(10-12)27-2)17(25)16-15(11-6-8-13(23)9-7-11)18(22)28-19(16)24-20(21)26/h3-10H,1-2H3,(H,24,26). The van der Waals surface area contributed by atoms with Crippen molar-refractivity contribution in [1.29, 1.82) is 0 Å². The Morgan fingerprint density at radius 2 is 1.82 bits per heavy atom. The van der Waals surface area contributed by atoms with Crippen LogP contribution in [0.15, 0.2) is 48.5 Å². The van der Waals surface area contributed by atoms with Gasteiger partial charge in [-0.15, -0.1) is 11.3 Å². The highest BCUT2D eigenvalue weighted by Gasteiger charge is 2.49. The molecule has 3 aromatic rings. The topological polar surface area (TPSA) is 55.4 Å². The number of methoxy groups -OCH3 is 1. The van der Waals surface area contributed by atoms with Gasteiger partial charge >= 0.3 is 0 Å². The van der Waals surface area contributed by atoms with Crippen LogP contribution in [-0.2, 0) is 10.2 Å². The molecule has 2 heterocycles. The smallest absolute Gasteiger partial charge is 0.243 e. The normalized spacial score (nSPS) is 18.6. The molecule has 4 rings (SSSR count). The van der Waals surface area contributed by atoms with Crippen LogP contribution in [0, 0.1) is 5.82 Å². The molecule has 2 aromatic carbocycles. The second kappa shape index (κ2) is 6.72. The number of benzene rings is 2. The SMILES string of the molecule is COc1cccc(C2(C)C(=O)Nc3sc(Cl)c(-c4ccc(F)cc4)c3C2=O)c1. The van der Waals surface area contributed by atoms with Crippen LogP contribution in [0.3, 0.4) is 0 Å². The fourth-order valence-corrected chi connectivity index (χ4v) is 4.74. The summed E-state index contributed by atoms with van der Waals surface area (Å²) in [6.45, 7) is 1.59. The number of anilines is 1. The molecule has 1 aliphatic rings. The van der Waals surface area contributed by atoms with Crippen molar-refractivity contribution in [3.05, 3.63) is 69.8 Å². The molecule has 28 heavy (non-hydrogen) atoms. The van der Waals surface area contributed by atoms with Crippen molar-refractivity contribution >= 4 is 39.6 Å². The van der Waals surface area contributed by atoms with E-state index in [-0.39, 0.29) is 11.6 Å². The van der Waals surface area contributed by atoms with Gasteiger partial charge in [0.25, 0.3) is 0 Å². The second-order valence-corrected chi connectivity index (χ2v) is 8.22. The molecule has 0 aliphatic carbocycles. The van der Waals surface area contributed by atoms with E-state index < -0.39 is 11.3 Å². The molecule has 1 N–H and O–H groups in total. The van der Waals surface area contributed by atoms with Crippen LogP contribution in [-0.4, -0.2) is 18.8 Å². The molecule has 0 saturated carbocycles. The number of halogens is 2. The molecule has 7 heteroatoms. The van der Waals surface area contributed by atoms with Crippen LogP contribution >= 0.6 is 22.9 Å². The summed E-state index contributed by atoms with van der Waals surface area (Å²) in [6, 6.07) is 12.6. The highest BCUT2D eigenvalue weighted by atomic mass is 35.5. The molecule has 4 nitrogen and oxygen atoms in total. The first-order chi connectivity index (χ1) is 13.4. The van der Waals surface area contributed by atoms with E-state index >= 15 is 0 Å². The number of fused-ring (bicyclic) bond motifs is 1. The number of hydrogen-bond acceptors (Lipinski definition) is 4. The highest BCUT2D eigenvalue weighted by Crippen LogP contribution is 2.49. The fourth-order valence-electron chi connectivity index (χ4n) is 3.36. The minimum absolute atomic E-state index is 0.339. The maximum Gasteiger partial charge on any atom is 0.243 e. The van der Waals surface area contributed by atoms with Gasteiger partial charge in [0.1, 0.15) is 26.3 Å². The average molecular weight is 416 g/mol. The number of Topliss-reactive ketones (excluding diaryl/α,β-unsaturated/α-hetero) is 1. The molecule has 0 fully saturated rings. The summed E-state index contributed by atoms with van der Waals surface area (Å²) in [5, 5.41) is 3.22. The van der Waals surface area contributed by atoms with Gasteiger partial charge in [-0.25, -0.2) is 4.39 Å². The molecule has 1 aliphatic heterocycles. The third-order valence-corrected chi connectivity index (χ3v) is 6.32. The van der Waals surface area contributed by atoms with E-state index in [2.05, 4.69) is 5.32 Å². The van der Waals surface area contributed by atoms with E-state index in [1.807, 2.05) is 0 Å². The molecule has 0 bridgehead atoms. The summed E-state index contributed by atoms with van der Waals surface area (Å²) in [7, 11) is 1.52. The van der Waals surface area contributed by atoms with Gasteiger partial charge in [0.05, 0.1) is 12.7 Å². The van der Waals surface area contributed by atoms with Crippen molar-refractivity contribution in [3.8, 4) is 16.9 Å². The van der Waals surface area contributed by atoms with Crippen LogP contribution in [0.5, 0.6) is 5.75 Å². The fraction of sp³-hybridized carbons (Fsp3) is 0.143. The molecular formula is C21H15ClFNO3S. The zero-order valence-electron chi connectivity index (χ0n) is 15.0. The van der Waals surface area contributed by atoms with Crippen LogP contribution in [0.2, 0.25) is 4.34 Å². The van der Waals surface area contributed by atoms with Gasteiger partial charge in [0, 0.05) is 5.56 Å². The lowest BCUT2D eigenvalue weighted by Gasteiger charge is -2.32. The summed E-state index contributed by atoms with van der Waals surface area (Å²) in [5.41, 5.74) is 0.529. The number of ether oxygens (including phenoxy) is 1. The lowest BCUT2D eigenvalue weighted by atomic mass is 9.73. The molecule has 0 spiro atoms. The molecule has 1 aromatic heterocycles. The highest BCUT2D eigenvalue weighted by molar-refractivity contribution is 7.21. The molecule has 1 atom stereocenters. The number of thiophene rings is 1. The lowest BCUT2D eigenvalue weighted by Crippen LogP contribution is -2.48. The van der Waals surface area contributed by atoms with Crippen molar-refractivity contribution in [2.75, 3.05) is 12.4 Å². The largest absolute Gasteiger partial charge is 0.497 e. The lowest BCUT2D eigenvalue weighted by molar-refractivity contribution is -0.119. The van der Waals surface area contributed by atoms with Gasteiger partial charge in [-0.3, -0.25) is 9.59 Å². The van der Waals surface area contributed by atoms with Gasteiger partial charge in [-0.05, 0) is 42.3 Å². The summed E-state index contributed by atoms with van der Waals surface area (Å²) in [6.07, 6.45) is 0. The zero-order valence-corrected chi connectivity index (χ0v) is 16.6. The maximum atomic E-state index is 13.6. The quantitative estimate of drug-likeness (QED) is 0.590. The summed E-state index contributed by atoms with van der Waals surface area (Å²) in [5.74, 6) is -0.624. The monoisotopic (exact) mass is 415 g/mol. The van der Waals surface area contributed by atoms with Crippen molar-refractivity contribution < 1.29 is 18.7 Å². The first-order valence-corrected chi connectivity index (χ1v) is 9.64. The maximum absolute atomic E-state index is 13.6. The van der Waals surface area contributed by atoms with E-state index in [1.165, 1.54) is 19.2 Å². The predicted octanol–water partition coefficient (Wildman–Crippen LogP) is 5.31. The minimum atomic E-state index is -1.44. The summed E-state index contributed by atoms with van der Waals surface area (Å²) < 4.78 is 18.9. The van der Waals surface area contributed by atoms with E-state index in [4.69, 9.17) is 16.3 Å². The second-order valence-electron chi connectivity index (χ2n) is 6.60. The minimum Gasteiger partial charge on any atom is -0.497 e. The third-order valence-electron chi connectivity index (χ3n) is 5.01. The first kappa shape index (κ1) is 18.7. The van der Waals surface area contributed by atoms with Crippen LogP contribution < -0.4 is 10.1 Å². The molecule has 0 radical (unpaired) electrons. The van der Waals surface area contributed by atoms with Gasteiger partial charge in [0.15, 0.2) is 5.78 Å². The number of amides is 1. The average Bonchev–Trinajstić information content (AvgIpc) is 3.02.